The van der Waals surface area contributed by atoms with Gasteiger partial charge in [0.05, 0.1) is 11.8 Å². The van der Waals surface area contributed by atoms with E-state index >= 15 is 0 Å². The molecule has 0 bridgehead atoms. The van der Waals surface area contributed by atoms with Crippen molar-refractivity contribution >= 4 is 18.1 Å². The van der Waals surface area contributed by atoms with Gasteiger partial charge >= 0.3 is 0 Å². The van der Waals surface area contributed by atoms with Crippen LogP contribution in [0.4, 0.5) is 0 Å². The zero-order chi connectivity index (χ0) is 15.5. The number of pyridine rings is 1. The molecule has 2 atom stereocenters. The second-order valence-corrected chi connectivity index (χ2v) is 5.76. The lowest BCUT2D eigenvalue weighted by Gasteiger charge is -2.38. The third-order valence-corrected chi connectivity index (χ3v) is 4.38. The van der Waals surface area contributed by atoms with Gasteiger partial charge in [0.2, 0.25) is 0 Å². The third kappa shape index (κ3) is 3.90. The number of fused-ring (bicyclic) bond motifs is 1. The van der Waals surface area contributed by atoms with Gasteiger partial charge in [0.15, 0.2) is 0 Å². The molecule has 0 aromatic carbocycles. The van der Waals surface area contributed by atoms with E-state index < -0.39 is 0 Å². The molecular formula is C16H23ClN4O2. The zero-order valence-electron chi connectivity index (χ0n) is 13.2. The van der Waals surface area contributed by atoms with E-state index in [-0.39, 0.29) is 30.1 Å². The molecular weight excluding hydrogens is 316 g/mol. The highest BCUT2D eigenvalue weighted by Crippen LogP contribution is 2.20. The first-order valence-corrected chi connectivity index (χ1v) is 7.65. The highest BCUT2D eigenvalue weighted by molar-refractivity contribution is 5.85. The van der Waals surface area contributed by atoms with Crippen LogP contribution in [-0.4, -0.2) is 46.6 Å². The Balaban J connectivity index is 0.00000192. The molecule has 0 radical (unpaired) electrons. The van der Waals surface area contributed by atoms with Crippen LogP contribution in [0.25, 0.3) is 5.65 Å². The number of nitrogens with zero attached hydrogens (tertiary/aromatic N) is 3. The second-order valence-electron chi connectivity index (χ2n) is 5.76. The molecule has 6 nitrogen and oxygen atoms in total. The van der Waals surface area contributed by atoms with Crippen molar-refractivity contribution < 1.29 is 4.74 Å². The second kappa shape index (κ2) is 7.88. The molecule has 2 unspecified atom stereocenters. The normalized spacial score (nSPS) is 22.0. The van der Waals surface area contributed by atoms with Crippen LogP contribution in [0.1, 0.15) is 18.5 Å². The fourth-order valence-corrected chi connectivity index (χ4v) is 3.12. The van der Waals surface area contributed by atoms with E-state index in [0.29, 0.717) is 18.7 Å². The molecule has 0 amide bonds. The number of rotatable bonds is 4. The van der Waals surface area contributed by atoms with Crippen molar-refractivity contribution in [2.75, 3.05) is 20.2 Å². The Kier molecular flexibility index (Phi) is 6.12. The Hall–Kier alpha value is -1.47. The molecule has 2 aromatic heterocycles. The quantitative estimate of drug-likeness (QED) is 0.902. The van der Waals surface area contributed by atoms with Crippen LogP contribution in [0.5, 0.6) is 0 Å². The van der Waals surface area contributed by atoms with E-state index in [9.17, 15) is 4.79 Å². The number of likely N-dealkylation sites (tertiary alicyclic amines) is 1. The largest absolute Gasteiger partial charge is 0.381 e. The van der Waals surface area contributed by atoms with Crippen LogP contribution in [0.15, 0.2) is 35.3 Å². The van der Waals surface area contributed by atoms with E-state index in [1.165, 1.54) is 0 Å². The molecule has 0 aliphatic carbocycles. The van der Waals surface area contributed by atoms with Crippen molar-refractivity contribution in [1.29, 1.82) is 0 Å². The monoisotopic (exact) mass is 338 g/mol. The van der Waals surface area contributed by atoms with Gasteiger partial charge in [0.1, 0.15) is 5.65 Å². The summed E-state index contributed by atoms with van der Waals surface area (Å²) < 4.78 is 7.00. The highest BCUT2D eigenvalue weighted by Gasteiger charge is 2.27. The Labute approximate surface area is 141 Å². The van der Waals surface area contributed by atoms with Gasteiger partial charge in [-0.3, -0.25) is 14.1 Å². The Morgan fingerprint density at radius 3 is 3.00 bits per heavy atom. The molecule has 23 heavy (non-hydrogen) atoms. The summed E-state index contributed by atoms with van der Waals surface area (Å²) in [5.41, 5.74) is 7.33. The van der Waals surface area contributed by atoms with Crippen LogP contribution in [0.2, 0.25) is 0 Å². The molecule has 7 heteroatoms. The lowest BCUT2D eigenvalue weighted by atomic mass is 9.99. The number of methoxy groups -OCH3 is 1. The van der Waals surface area contributed by atoms with Gasteiger partial charge in [-0.2, -0.15) is 0 Å². The van der Waals surface area contributed by atoms with Gasteiger partial charge < -0.3 is 10.5 Å². The van der Waals surface area contributed by atoms with Gasteiger partial charge in [-0.1, -0.05) is 6.07 Å². The third-order valence-electron chi connectivity index (χ3n) is 4.38. The Bertz CT molecular complexity index is 706. The molecule has 1 aliphatic rings. The minimum atomic E-state index is -0.0447. The first-order valence-electron chi connectivity index (χ1n) is 7.65. The Morgan fingerprint density at radius 1 is 1.43 bits per heavy atom. The first-order chi connectivity index (χ1) is 10.7. The minimum absolute atomic E-state index is 0. The van der Waals surface area contributed by atoms with Gasteiger partial charge in [0.25, 0.3) is 5.56 Å². The summed E-state index contributed by atoms with van der Waals surface area (Å²) in [5.74, 6) is 0. The van der Waals surface area contributed by atoms with Gasteiger partial charge in [-0.15, -0.1) is 12.4 Å². The summed E-state index contributed by atoms with van der Waals surface area (Å²) >= 11 is 0. The summed E-state index contributed by atoms with van der Waals surface area (Å²) in [4.78, 5) is 19.0. The number of ether oxygens (including phenoxy) is 1. The van der Waals surface area contributed by atoms with Crippen LogP contribution in [0, 0.1) is 0 Å². The van der Waals surface area contributed by atoms with Crippen LogP contribution >= 0.6 is 12.4 Å². The van der Waals surface area contributed by atoms with E-state index in [4.69, 9.17) is 10.5 Å². The average Bonchev–Trinajstić information content (AvgIpc) is 2.55. The number of aromatic nitrogens is 2. The molecule has 0 spiro atoms. The summed E-state index contributed by atoms with van der Waals surface area (Å²) in [6, 6.07) is 7.45. The van der Waals surface area contributed by atoms with Crippen molar-refractivity contribution in [3.05, 3.63) is 46.5 Å². The predicted octanol–water partition coefficient (Wildman–Crippen LogP) is 1.05. The maximum atomic E-state index is 12.2. The number of nitrogens with two attached hydrogens (primary N) is 1. The average molecular weight is 339 g/mol. The predicted molar refractivity (Wildman–Crippen MR) is 92.0 cm³/mol. The van der Waals surface area contributed by atoms with Crippen LogP contribution < -0.4 is 11.3 Å². The summed E-state index contributed by atoms with van der Waals surface area (Å²) in [6.45, 7) is 2.15. The number of hydrogen-bond acceptors (Lipinski definition) is 5. The lowest BCUT2D eigenvalue weighted by molar-refractivity contribution is 0.00978. The fraction of sp³-hybridized carbons (Fsp3) is 0.500. The molecule has 0 saturated carbocycles. The van der Waals surface area contributed by atoms with Crippen molar-refractivity contribution in [1.82, 2.24) is 14.3 Å². The summed E-state index contributed by atoms with van der Waals surface area (Å²) in [7, 11) is 1.75. The smallest absolute Gasteiger partial charge is 0.258 e. The van der Waals surface area contributed by atoms with Gasteiger partial charge in [-0.05, 0) is 25.0 Å². The van der Waals surface area contributed by atoms with Crippen molar-refractivity contribution in [3.63, 3.8) is 0 Å². The molecule has 1 aliphatic heterocycles. The van der Waals surface area contributed by atoms with E-state index in [1.54, 1.807) is 23.8 Å². The van der Waals surface area contributed by atoms with Crippen molar-refractivity contribution in [2.24, 2.45) is 5.73 Å². The summed E-state index contributed by atoms with van der Waals surface area (Å²) in [5, 5.41) is 0. The number of piperidine rings is 1. The topological polar surface area (TPSA) is 72.9 Å². The number of hydrogen-bond donors (Lipinski definition) is 1. The first kappa shape index (κ1) is 17.9. The standard InChI is InChI=1S/C16H22N4O2.ClH/c1-22-14-5-7-19(13(9-14)10-17)11-12-8-16(21)20-6-3-2-4-15(20)18-12;/h2-4,6,8,13-14H,5,7,9-11,17H2,1H3;1H. The zero-order valence-corrected chi connectivity index (χ0v) is 14.0. The molecule has 2 aromatic rings. The minimum Gasteiger partial charge on any atom is -0.381 e. The maximum Gasteiger partial charge on any atom is 0.258 e. The van der Waals surface area contributed by atoms with Crippen molar-refractivity contribution in [2.45, 2.75) is 31.5 Å². The SMILES string of the molecule is COC1CCN(Cc2cc(=O)n3ccccc3n2)C(CN)C1.Cl. The number of halogens is 1. The van der Waals surface area contributed by atoms with E-state index in [1.807, 2.05) is 18.2 Å². The highest BCUT2D eigenvalue weighted by atomic mass is 35.5. The Morgan fingerprint density at radius 2 is 2.26 bits per heavy atom. The fourth-order valence-electron chi connectivity index (χ4n) is 3.12. The maximum absolute atomic E-state index is 12.2. The molecule has 3 rings (SSSR count). The lowest BCUT2D eigenvalue weighted by Crippen LogP contribution is -2.48. The van der Waals surface area contributed by atoms with Gasteiger partial charge in [0, 0.05) is 45.0 Å². The summed E-state index contributed by atoms with van der Waals surface area (Å²) in [6.07, 6.45) is 3.93. The molecule has 126 valence electrons. The van der Waals surface area contributed by atoms with Crippen LogP contribution in [-0.2, 0) is 11.3 Å². The molecule has 3 heterocycles. The van der Waals surface area contributed by atoms with Crippen LogP contribution in [0.3, 0.4) is 0 Å². The molecule has 2 N–H and O–H groups in total. The van der Waals surface area contributed by atoms with E-state index in [0.717, 1.165) is 25.1 Å². The molecule has 1 fully saturated rings. The van der Waals surface area contributed by atoms with Gasteiger partial charge in [-0.25, -0.2) is 4.98 Å². The molecule has 1 saturated heterocycles. The van der Waals surface area contributed by atoms with E-state index in [2.05, 4.69) is 9.88 Å². The van der Waals surface area contributed by atoms with Crippen molar-refractivity contribution in [3.8, 4) is 0 Å².